The molecular formula is C17H36O4. The Morgan fingerprint density at radius 2 is 1.14 bits per heavy atom. The molecular weight excluding hydrogens is 268 g/mol. The molecule has 4 heteroatoms. The molecule has 0 aromatic rings. The Bertz CT molecular complexity index is 187. The Kier molecular flexibility index (Phi) is 14.7. The topological polar surface area (TPSA) is 47.9 Å². The maximum Gasteiger partial charge on any atom is 0.107 e. The van der Waals surface area contributed by atoms with Crippen LogP contribution in [-0.4, -0.2) is 10.9 Å². The lowest BCUT2D eigenvalue weighted by Gasteiger charge is -2.31. The molecule has 0 aliphatic carbocycles. The van der Waals surface area contributed by atoms with Gasteiger partial charge >= 0.3 is 0 Å². The van der Waals surface area contributed by atoms with Gasteiger partial charge in [0.15, 0.2) is 0 Å². The van der Waals surface area contributed by atoms with Crippen molar-refractivity contribution in [2.24, 2.45) is 0 Å². The minimum absolute atomic E-state index is 0.306. The minimum Gasteiger partial charge on any atom is -0.219 e. The maximum atomic E-state index is 8.40. The molecule has 4 nitrogen and oxygen atoms in total. The second kappa shape index (κ2) is 14.8. The van der Waals surface area contributed by atoms with E-state index in [2.05, 4.69) is 30.8 Å². The highest BCUT2D eigenvalue weighted by atomic mass is 17.6. The Morgan fingerprint density at radius 3 is 1.67 bits per heavy atom. The molecule has 0 fully saturated rings. The van der Waals surface area contributed by atoms with Gasteiger partial charge in [-0.05, 0) is 29.3 Å². The molecule has 0 unspecified atom stereocenters. The Balaban J connectivity index is 4.28. The van der Waals surface area contributed by atoms with Crippen molar-refractivity contribution in [3.05, 3.63) is 0 Å². The van der Waals surface area contributed by atoms with Crippen molar-refractivity contribution in [2.75, 3.05) is 0 Å². The normalized spacial score (nSPS) is 12.0. The van der Waals surface area contributed by atoms with Gasteiger partial charge in [0.2, 0.25) is 0 Å². The number of rotatable bonds is 16. The van der Waals surface area contributed by atoms with Crippen LogP contribution in [-0.2, 0) is 15.0 Å². The zero-order chi connectivity index (χ0) is 15.8. The summed E-state index contributed by atoms with van der Waals surface area (Å²) in [4.78, 5) is 5.44. The summed E-state index contributed by atoms with van der Waals surface area (Å²) in [6.45, 7) is 6.60. The first kappa shape index (κ1) is 20.8. The predicted octanol–water partition coefficient (Wildman–Crippen LogP) is 6.21. The second-order valence-corrected chi connectivity index (χ2v) is 6.13. The molecule has 0 spiro atoms. The Labute approximate surface area is 131 Å². The van der Waals surface area contributed by atoms with E-state index in [1.807, 2.05) is 0 Å². The predicted molar refractivity (Wildman–Crippen MR) is 85.7 cm³/mol. The average Bonchev–Trinajstić information content (AvgIpc) is 2.51. The Morgan fingerprint density at radius 1 is 0.667 bits per heavy atom. The van der Waals surface area contributed by atoms with Crippen LogP contribution >= 0.6 is 0 Å². The summed E-state index contributed by atoms with van der Waals surface area (Å²) in [6, 6.07) is 0. The molecule has 0 saturated heterocycles. The minimum atomic E-state index is -0.306. The molecule has 0 atom stereocenters. The molecule has 0 amide bonds. The number of hydrogen-bond donors (Lipinski definition) is 1. The van der Waals surface area contributed by atoms with Crippen molar-refractivity contribution in [1.82, 2.24) is 0 Å². The summed E-state index contributed by atoms with van der Waals surface area (Å²) >= 11 is 0. The van der Waals surface area contributed by atoms with Crippen LogP contribution in [0, 0.1) is 0 Å². The Hall–Kier alpha value is -0.160. The first-order chi connectivity index (χ1) is 10.2. The third kappa shape index (κ3) is 11.1. The van der Waals surface area contributed by atoms with Crippen LogP contribution in [0.2, 0.25) is 0 Å². The van der Waals surface area contributed by atoms with E-state index in [1.165, 1.54) is 32.1 Å². The van der Waals surface area contributed by atoms with Gasteiger partial charge in [-0.25, -0.2) is 5.26 Å². The number of unbranched alkanes of at least 4 members (excludes halogenated alkanes) is 7. The summed E-state index contributed by atoms with van der Waals surface area (Å²) in [6.07, 6.45) is 15.0. The zero-order valence-corrected chi connectivity index (χ0v) is 14.4. The highest BCUT2D eigenvalue weighted by Gasteiger charge is 2.31. The van der Waals surface area contributed by atoms with Gasteiger partial charge in [0.05, 0.1) is 0 Å². The van der Waals surface area contributed by atoms with E-state index >= 15 is 0 Å². The standard InChI is InChI=1S/C17H36O4/c1-4-7-10-11-12-13-16-17(14-8-5-2,15-9-6-3)19-21-20-18/h18H,4-16H2,1-3H3. The van der Waals surface area contributed by atoms with Gasteiger partial charge in [-0.2, -0.15) is 4.89 Å². The van der Waals surface area contributed by atoms with Crippen LogP contribution in [0.25, 0.3) is 0 Å². The SMILES string of the molecule is CCCCCCCCC(CCCC)(CCCC)OOOO. The van der Waals surface area contributed by atoms with Gasteiger partial charge in [-0.3, -0.25) is 0 Å². The highest BCUT2D eigenvalue weighted by molar-refractivity contribution is 4.79. The maximum absolute atomic E-state index is 8.40. The second-order valence-electron chi connectivity index (χ2n) is 6.13. The smallest absolute Gasteiger partial charge is 0.107 e. The molecule has 0 bridgehead atoms. The molecule has 0 saturated carbocycles. The fraction of sp³-hybridized carbons (Fsp3) is 1.00. The van der Waals surface area contributed by atoms with E-state index < -0.39 is 0 Å². The lowest BCUT2D eigenvalue weighted by atomic mass is 9.85. The molecule has 0 radical (unpaired) electrons. The van der Waals surface area contributed by atoms with Crippen molar-refractivity contribution >= 4 is 0 Å². The summed E-state index contributed by atoms with van der Waals surface area (Å²) in [5.74, 6) is 0. The van der Waals surface area contributed by atoms with Gasteiger partial charge in [0.1, 0.15) is 5.60 Å². The van der Waals surface area contributed by atoms with Crippen LogP contribution in [0.15, 0.2) is 0 Å². The van der Waals surface area contributed by atoms with Crippen LogP contribution in [0.1, 0.15) is 104 Å². The van der Waals surface area contributed by atoms with E-state index in [0.717, 1.165) is 51.4 Å². The van der Waals surface area contributed by atoms with Gasteiger partial charge in [-0.1, -0.05) is 85.0 Å². The lowest BCUT2D eigenvalue weighted by molar-refractivity contribution is -0.643. The third-order valence-electron chi connectivity index (χ3n) is 4.20. The van der Waals surface area contributed by atoms with Crippen LogP contribution < -0.4 is 0 Å². The molecule has 0 aromatic heterocycles. The molecule has 0 heterocycles. The summed E-state index contributed by atoms with van der Waals surface area (Å²) < 4.78 is 0. The molecule has 0 aromatic carbocycles. The summed E-state index contributed by atoms with van der Waals surface area (Å²) in [5, 5.41) is 16.5. The first-order valence-electron chi connectivity index (χ1n) is 8.90. The molecule has 21 heavy (non-hydrogen) atoms. The van der Waals surface area contributed by atoms with Crippen molar-refractivity contribution in [3.8, 4) is 0 Å². The average molecular weight is 304 g/mol. The lowest BCUT2D eigenvalue weighted by Crippen LogP contribution is -2.33. The fourth-order valence-corrected chi connectivity index (χ4v) is 2.81. The molecule has 128 valence electrons. The van der Waals surface area contributed by atoms with E-state index in [-0.39, 0.29) is 5.60 Å². The summed E-state index contributed by atoms with van der Waals surface area (Å²) in [5.41, 5.74) is -0.306. The van der Waals surface area contributed by atoms with Crippen molar-refractivity contribution in [2.45, 2.75) is 110 Å². The van der Waals surface area contributed by atoms with Gasteiger partial charge in [-0.15, -0.1) is 0 Å². The fourth-order valence-electron chi connectivity index (χ4n) is 2.81. The van der Waals surface area contributed by atoms with Crippen molar-refractivity contribution < 1.29 is 20.2 Å². The van der Waals surface area contributed by atoms with E-state index in [0.29, 0.717) is 0 Å². The molecule has 0 rings (SSSR count). The zero-order valence-electron chi connectivity index (χ0n) is 14.4. The largest absolute Gasteiger partial charge is 0.219 e. The van der Waals surface area contributed by atoms with E-state index in [9.17, 15) is 0 Å². The molecule has 0 aliphatic rings. The van der Waals surface area contributed by atoms with Gasteiger partial charge in [0, 0.05) is 0 Å². The first-order valence-corrected chi connectivity index (χ1v) is 8.90. The van der Waals surface area contributed by atoms with E-state index in [4.69, 9.17) is 10.1 Å². The molecule has 0 aliphatic heterocycles. The molecule has 1 N–H and O–H groups in total. The summed E-state index contributed by atoms with van der Waals surface area (Å²) in [7, 11) is 0. The van der Waals surface area contributed by atoms with Crippen LogP contribution in [0.3, 0.4) is 0 Å². The third-order valence-corrected chi connectivity index (χ3v) is 4.20. The van der Waals surface area contributed by atoms with Crippen LogP contribution in [0.5, 0.6) is 0 Å². The number of hydrogen-bond acceptors (Lipinski definition) is 4. The van der Waals surface area contributed by atoms with E-state index in [1.54, 1.807) is 0 Å². The van der Waals surface area contributed by atoms with Crippen LogP contribution in [0.4, 0.5) is 0 Å². The van der Waals surface area contributed by atoms with Crippen molar-refractivity contribution in [3.63, 3.8) is 0 Å². The van der Waals surface area contributed by atoms with Gasteiger partial charge < -0.3 is 0 Å². The van der Waals surface area contributed by atoms with Gasteiger partial charge in [0.25, 0.3) is 0 Å². The monoisotopic (exact) mass is 304 g/mol. The quantitative estimate of drug-likeness (QED) is 0.209. The van der Waals surface area contributed by atoms with Crippen molar-refractivity contribution in [1.29, 1.82) is 0 Å². The highest BCUT2D eigenvalue weighted by Crippen LogP contribution is 2.32.